The first kappa shape index (κ1) is 13.7. The Bertz CT molecular complexity index is 541. The number of nitrogens with one attached hydrogen (secondary N) is 1. The first-order valence-corrected chi connectivity index (χ1v) is 7.29. The maximum atomic E-state index is 4.14. The summed E-state index contributed by atoms with van der Waals surface area (Å²) in [6.07, 6.45) is 3.74. The minimum Gasteiger partial charge on any atom is -0.309 e. The minimum atomic E-state index is 0.841. The summed E-state index contributed by atoms with van der Waals surface area (Å²) in [5, 5.41) is 3.43. The topological polar surface area (TPSA) is 24.9 Å². The van der Waals surface area contributed by atoms with Crippen molar-refractivity contribution < 1.29 is 0 Å². The second kappa shape index (κ2) is 6.45. The molecule has 0 saturated carbocycles. The molecule has 18 heavy (non-hydrogen) atoms. The van der Waals surface area contributed by atoms with E-state index in [1.54, 1.807) is 0 Å². The molecule has 4 heteroatoms. The second-order valence-electron chi connectivity index (χ2n) is 4.15. The van der Waals surface area contributed by atoms with Gasteiger partial charge in [0.15, 0.2) is 0 Å². The molecule has 1 aromatic carbocycles. The van der Waals surface area contributed by atoms with E-state index in [9.17, 15) is 0 Å². The van der Waals surface area contributed by atoms with Crippen molar-refractivity contribution in [3.05, 3.63) is 62.3 Å². The number of nitrogens with zero attached hydrogens (tertiary/aromatic N) is 1. The van der Waals surface area contributed by atoms with Gasteiger partial charge in [0, 0.05) is 34.4 Å². The van der Waals surface area contributed by atoms with Gasteiger partial charge in [-0.25, -0.2) is 0 Å². The zero-order valence-electron chi connectivity index (χ0n) is 10.1. The summed E-state index contributed by atoms with van der Waals surface area (Å²) in [7, 11) is 0. The highest BCUT2D eigenvalue weighted by Gasteiger charge is 2.00. The molecule has 0 aliphatic rings. The quantitative estimate of drug-likeness (QED) is 0.873. The average Bonchev–Trinajstić information content (AvgIpc) is 2.36. The van der Waals surface area contributed by atoms with Gasteiger partial charge >= 0.3 is 0 Å². The molecule has 0 fully saturated rings. The highest BCUT2D eigenvalue weighted by Crippen LogP contribution is 2.23. The van der Waals surface area contributed by atoms with Crippen LogP contribution in [0.15, 0.2) is 45.6 Å². The first-order chi connectivity index (χ1) is 8.66. The Balaban J connectivity index is 1.92. The van der Waals surface area contributed by atoms with Crippen molar-refractivity contribution in [2.45, 2.75) is 20.0 Å². The molecular formula is C14H14Br2N2. The zero-order chi connectivity index (χ0) is 13.0. The van der Waals surface area contributed by atoms with E-state index in [1.165, 1.54) is 16.7 Å². The van der Waals surface area contributed by atoms with Crippen molar-refractivity contribution in [1.82, 2.24) is 10.3 Å². The third-order valence-electron chi connectivity index (χ3n) is 2.78. The van der Waals surface area contributed by atoms with Crippen molar-refractivity contribution >= 4 is 31.9 Å². The molecule has 1 heterocycles. The predicted molar refractivity (Wildman–Crippen MR) is 81.4 cm³/mol. The minimum absolute atomic E-state index is 0.841. The van der Waals surface area contributed by atoms with Gasteiger partial charge in [0.05, 0.1) is 0 Å². The molecule has 0 saturated heterocycles. The third kappa shape index (κ3) is 3.64. The number of rotatable bonds is 4. The third-order valence-corrected chi connectivity index (χ3v) is 4.66. The number of benzene rings is 1. The van der Waals surface area contributed by atoms with E-state index < -0.39 is 0 Å². The molecular weight excluding hydrogens is 356 g/mol. The molecule has 0 aliphatic heterocycles. The molecule has 2 nitrogen and oxygen atoms in total. The van der Waals surface area contributed by atoms with Crippen LogP contribution >= 0.6 is 31.9 Å². The van der Waals surface area contributed by atoms with E-state index in [0.717, 1.165) is 22.0 Å². The van der Waals surface area contributed by atoms with Crippen LogP contribution in [-0.4, -0.2) is 4.98 Å². The molecule has 0 aliphatic carbocycles. The average molecular weight is 370 g/mol. The van der Waals surface area contributed by atoms with Gasteiger partial charge in [-0.05, 0) is 73.7 Å². The van der Waals surface area contributed by atoms with E-state index in [0.29, 0.717) is 0 Å². The van der Waals surface area contributed by atoms with Gasteiger partial charge in [-0.3, -0.25) is 4.98 Å². The Hall–Kier alpha value is -0.710. The fourth-order valence-electron chi connectivity index (χ4n) is 1.67. The van der Waals surface area contributed by atoms with Crippen LogP contribution in [0.1, 0.15) is 16.7 Å². The molecule has 2 aromatic rings. The van der Waals surface area contributed by atoms with E-state index in [4.69, 9.17) is 0 Å². The summed E-state index contributed by atoms with van der Waals surface area (Å²) in [4.78, 5) is 4.14. The second-order valence-corrected chi connectivity index (χ2v) is 5.86. The zero-order valence-corrected chi connectivity index (χ0v) is 13.3. The van der Waals surface area contributed by atoms with Crippen LogP contribution in [0.25, 0.3) is 0 Å². The molecule has 0 unspecified atom stereocenters. The normalized spacial score (nSPS) is 10.6. The molecule has 0 radical (unpaired) electrons. The summed E-state index contributed by atoms with van der Waals surface area (Å²) in [5.41, 5.74) is 3.77. The fraction of sp³-hybridized carbons (Fsp3) is 0.214. The maximum absolute atomic E-state index is 4.14. The van der Waals surface area contributed by atoms with Crippen molar-refractivity contribution in [2.75, 3.05) is 0 Å². The Morgan fingerprint density at radius 2 is 1.94 bits per heavy atom. The van der Waals surface area contributed by atoms with Gasteiger partial charge in [-0.1, -0.05) is 6.07 Å². The number of halogens is 2. The highest BCUT2D eigenvalue weighted by atomic mass is 79.9. The Morgan fingerprint density at radius 3 is 2.67 bits per heavy atom. The van der Waals surface area contributed by atoms with Crippen molar-refractivity contribution in [1.29, 1.82) is 0 Å². The molecule has 1 N–H and O–H groups in total. The Kier molecular flexibility index (Phi) is 4.92. The maximum Gasteiger partial charge on any atom is 0.0320 e. The largest absolute Gasteiger partial charge is 0.309 e. The lowest BCUT2D eigenvalue weighted by Crippen LogP contribution is -2.13. The SMILES string of the molecule is Cc1ccncc1CNCc1ccc(Br)c(Br)c1. The van der Waals surface area contributed by atoms with Gasteiger partial charge in [-0.2, -0.15) is 0 Å². The van der Waals surface area contributed by atoms with E-state index in [1.807, 2.05) is 18.5 Å². The summed E-state index contributed by atoms with van der Waals surface area (Å²) >= 11 is 6.98. The number of aromatic nitrogens is 1. The first-order valence-electron chi connectivity index (χ1n) is 5.71. The van der Waals surface area contributed by atoms with Crippen LogP contribution in [0.2, 0.25) is 0 Å². The Labute approximate surface area is 124 Å². The smallest absolute Gasteiger partial charge is 0.0320 e. The van der Waals surface area contributed by atoms with Crippen molar-refractivity contribution in [2.24, 2.45) is 0 Å². The van der Waals surface area contributed by atoms with Crippen LogP contribution in [0.4, 0.5) is 0 Å². The van der Waals surface area contributed by atoms with E-state index >= 15 is 0 Å². The number of hydrogen-bond donors (Lipinski definition) is 1. The molecule has 1 aromatic heterocycles. The molecule has 0 spiro atoms. The van der Waals surface area contributed by atoms with E-state index in [2.05, 4.69) is 67.3 Å². The van der Waals surface area contributed by atoms with Crippen molar-refractivity contribution in [3.63, 3.8) is 0 Å². The lowest BCUT2D eigenvalue weighted by Gasteiger charge is -2.08. The monoisotopic (exact) mass is 368 g/mol. The standard InChI is InChI=1S/C14H14Br2N2/c1-10-4-5-17-8-12(10)9-18-7-11-2-3-13(15)14(16)6-11/h2-6,8,18H,7,9H2,1H3. The van der Waals surface area contributed by atoms with Gasteiger partial charge < -0.3 is 5.32 Å². The molecule has 0 bridgehead atoms. The van der Waals surface area contributed by atoms with Crippen molar-refractivity contribution in [3.8, 4) is 0 Å². The highest BCUT2D eigenvalue weighted by molar-refractivity contribution is 9.13. The van der Waals surface area contributed by atoms with E-state index in [-0.39, 0.29) is 0 Å². The predicted octanol–water partition coefficient (Wildman–Crippen LogP) is 4.20. The van der Waals surface area contributed by atoms with Gasteiger partial charge in [0.1, 0.15) is 0 Å². The molecule has 0 atom stereocenters. The molecule has 2 rings (SSSR count). The molecule has 94 valence electrons. The number of hydrogen-bond acceptors (Lipinski definition) is 2. The van der Waals surface area contributed by atoms with Crippen LogP contribution in [0.5, 0.6) is 0 Å². The van der Waals surface area contributed by atoms with Gasteiger partial charge in [0.2, 0.25) is 0 Å². The van der Waals surface area contributed by atoms with Crippen LogP contribution in [0.3, 0.4) is 0 Å². The summed E-state index contributed by atoms with van der Waals surface area (Å²) in [6, 6.07) is 8.31. The lowest BCUT2D eigenvalue weighted by atomic mass is 10.1. The lowest BCUT2D eigenvalue weighted by molar-refractivity contribution is 0.688. The van der Waals surface area contributed by atoms with Gasteiger partial charge in [-0.15, -0.1) is 0 Å². The fourth-order valence-corrected chi connectivity index (χ4v) is 2.35. The number of pyridine rings is 1. The summed E-state index contributed by atoms with van der Waals surface area (Å²) < 4.78 is 2.16. The summed E-state index contributed by atoms with van der Waals surface area (Å²) in [5.74, 6) is 0. The van der Waals surface area contributed by atoms with Crippen LogP contribution in [0, 0.1) is 6.92 Å². The Morgan fingerprint density at radius 1 is 1.11 bits per heavy atom. The molecule has 0 amide bonds. The number of aryl methyl sites for hydroxylation is 1. The van der Waals surface area contributed by atoms with Crippen LogP contribution < -0.4 is 5.32 Å². The van der Waals surface area contributed by atoms with Gasteiger partial charge in [0.25, 0.3) is 0 Å². The van der Waals surface area contributed by atoms with Crippen LogP contribution in [-0.2, 0) is 13.1 Å². The summed E-state index contributed by atoms with van der Waals surface area (Å²) in [6.45, 7) is 3.79.